The lowest BCUT2D eigenvalue weighted by atomic mass is 9.97. The van der Waals surface area contributed by atoms with Crippen molar-refractivity contribution < 1.29 is 52.8 Å². The number of halogens is 4. The number of fused-ring (bicyclic) bond motifs is 1. The van der Waals surface area contributed by atoms with Crippen LogP contribution in [0.15, 0.2) is 54.6 Å². The van der Waals surface area contributed by atoms with Crippen molar-refractivity contribution in [3.8, 4) is 0 Å². The Labute approximate surface area is 365 Å². The van der Waals surface area contributed by atoms with Gasteiger partial charge in [-0.2, -0.15) is 0 Å². The minimum absolute atomic E-state index is 0.0303. The van der Waals surface area contributed by atoms with E-state index in [1.54, 1.807) is 45.9 Å². The third kappa shape index (κ3) is 17.5. The smallest absolute Gasteiger partial charge is 0.325 e. The van der Waals surface area contributed by atoms with Gasteiger partial charge in [-0.05, 0) is 160 Å². The number of rotatable bonds is 11. The molecule has 0 radical (unpaired) electrons. The summed E-state index contributed by atoms with van der Waals surface area (Å²) < 4.78 is 22.0. The monoisotopic (exact) mass is 1200 g/mol. The van der Waals surface area contributed by atoms with Crippen LogP contribution in [0.25, 0.3) is 0 Å². The number of ether oxygens (including phenoxy) is 4. The molecule has 0 aliphatic carbocycles. The summed E-state index contributed by atoms with van der Waals surface area (Å²) in [5.74, 6) is -4.15. The van der Waals surface area contributed by atoms with Crippen molar-refractivity contribution in [1.29, 1.82) is 0 Å². The predicted octanol–water partition coefficient (Wildman–Crippen LogP) is 7.50. The van der Waals surface area contributed by atoms with Gasteiger partial charge in [0.2, 0.25) is 5.91 Å². The Morgan fingerprint density at radius 1 is 0.685 bits per heavy atom. The number of benzene rings is 3. The lowest BCUT2D eigenvalue weighted by Crippen LogP contribution is -2.27. The molecule has 1 N–H and O–H groups in total. The summed E-state index contributed by atoms with van der Waals surface area (Å²) in [6.07, 6.45) is 0.244. The maximum absolute atomic E-state index is 12.0. The maximum atomic E-state index is 12.0. The number of nitro groups is 2. The molecule has 1 aliphatic heterocycles. The zero-order valence-corrected chi connectivity index (χ0v) is 37.9. The second-order valence-corrected chi connectivity index (χ2v) is 15.0. The lowest BCUT2D eigenvalue weighted by Gasteiger charge is -2.15. The number of anilines is 1. The number of nitrogens with one attached hydrogen (secondary N) is 1. The van der Waals surface area contributed by atoms with Gasteiger partial charge >= 0.3 is 23.9 Å². The third-order valence-electron chi connectivity index (χ3n) is 6.25. The van der Waals surface area contributed by atoms with E-state index < -0.39 is 34.7 Å². The number of amides is 1. The van der Waals surface area contributed by atoms with E-state index in [1.165, 1.54) is 12.1 Å². The topological polar surface area (TPSA) is 221 Å². The number of hydrogen-bond acceptors (Lipinski definition) is 13. The fraction of sp³-hybridized carbons (Fsp3) is 0.324. The molecule has 0 bridgehead atoms. The first-order chi connectivity index (χ1) is 25.5. The van der Waals surface area contributed by atoms with Crippen LogP contribution in [0.5, 0.6) is 0 Å². The SMILES string of the molecule is CCOC(=O)C(C(=O)OCC)c1ccc(I)cc1[N+](=O)[O-].CCOC(=O)CC(=O)OCC.O=C1Cc2ccc(I)cc2N1.O=[N+]([O-])c1cc(I)ccc1I. The average molecular weight is 1200 g/mol. The summed E-state index contributed by atoms with van der Waals surface area (Å²) in [6.45, 7) is 7.24. The highest BCUT2D eigenvalue weighted by Crippen LogP contribution is 2.30. The highest BCUT2D eigenvalue weighted by Gasteiger charge is 2.36. The molecule has 0 aromatic heterocycles. The molecule has 16 nitrogen and oxygen atoms in total. The molecule has 292 valence electrons. The van der Waals surface area contributed by atoms with E-state index >= 15 is 0 Å². The van der Waals surface area contributed by atoms with Gasteiger partial charge in [0.15, 0.2) is 5.92 Å². The highest BCUT2D eigenvalue weighted by molar-refractivity contribution is 14.1. The van der Waals surface area contributed by atoms with Gasteiger partial charge in [0.05, 0.1) is 51.8 Å². The fourth-order valence-electron chi connectivity index (χ4n) is 4.07. The van der Waals surface area contributed by atoms with Crippen molar-refractivity contribution in [2.24, 2.45) is 0 Å². The van der Waals surface area contributed by atoms with Crippen LogP contribution in [0.4, 0.5) is 17.1 Å². The molecular weight excluding hydrogens is 1170 g/mol. The summed E-state index contributed by atoms with van der Waals surface area (Å²) in [5, 5.41) is 24.3. The van der Waals surface area contributed by atoms with Gasteiger partial charge in [-0.15, -0.1) is 0 Å². The van der Waals surface area contributed by atoms with E-state index in [2.05, 4.69) is 37.4 Å². The van der Waals surface area contributed by atoms with E-state index in [0.29, 0.717) is 13.6 Å². The van der Waals surface area contributed by atoms with Gasteiger partial charge in [-0.1, -0.05) is 6.07 Å². The minimum atomic E-state index is -1.46. The molecule has 1 heterocycles. The van der Waals surface area contributed by atoms with Crippen LogP contribution in [0.2, 0.25) is 0 Å². The van der Waals surface area contributed by atoms with Gasteiger partial charge in [-0.3, -0.25) is 44.2 Å². The van der Waals surface area contributed by atoms with Crippen LogP contribution >= 0.6 is 90.4 Å². The van der Waals surface area contributed by atoms with E-state index in [4.69, 9.17) is 9.47 Å². The van der Waals surface area contributed by atoms with Crippen molar-refractivity contribution in [3.05, 3.63) is 100 Å². The Hall–Kier alpha value is -3.27. The number of esters is 4. The third-order valence-corrected chi connectivity index (χ3v) is 9.17. The Balaban J connectivity index is 0.000000379. The molecule has 3 aromatic rings. The Kier molecular flexibility index (Phi) is 23.2. The number of hydrogen-bond donors (Lipinski definition) is 1. The summed E-state index contributed by atoms with van der Waals surface area (Å²) >= 11 is 8.13. The van der Waals surface area contributed by atoms with Crippen molar-refractivity contribution >= 4 is 137 Å². The van der Waals surface area contributed by atoms with Crippen LogP contribution in [0, 0.1) is 34.5 Å². The Morgan fingerprint density at radius 3 is 1.59 bits per heavy atom. The molecule has 0 fully saturated rings. The fourth-order valence-corrected chi connectivity index (χ4v) is 6.05. The molecule has 20 heteroatoms. The van der Waals surface area contributed by atoms with Crippen molar-refractivity contribution in [1.82, 2.24) is 0 Å². The van der Waals surface area contributed by atoms with Crippen LogP contribution in [-0.4, -0.2) is 66.1 Å². The zero-order chi connectivity index (χ0) is 41.0. The van der Waals surface area contributed by atoms with Crippen molar-refractivity contribution in [3.63, 3.8) is 0 Å². The van der Waals surface area contributed by atoms with E-state index in [-0.39, 0.29) is 60.6 Å². The first-order valence-corrected chi connectivity index (χ1v) is 20.1. The minimum Gasteiger partial charge on any atom is -0.466 e. The van der Waals surface area contributed by atoms with E-state index in [0.717, 1.165) is 18.4 Å². The largest absolute Gasteiger partial charge is 0.466 e. The molecule has 0 saturated carbocycles. The van der Waals surface area contributed by atoms with E-state index in [1.807, 2.05) is 92.0 Å². The summed E-state index contributed by atoms with van der Waals surface area (Å²) in [5.41, 5.74) is 1.92. The molecule has 0 saturated heterocycles. The Bertz CT molecular complexity index is 1790. The summed E-state index contributed by atoms with van der Waals surface area (Å²) in [7, 11) is 0. The van der Waals surface area contributed by atoms with Gasteiger partial charge in [0.25, 0.3) is 11.4 Å². The van der Waals surface area contributed by atoms with Gasteiger partial charge in [0.1, 0.15) is 6.42 Å². The molecular formula is C34H35I4N3O13. The number of nitro benzene ring substituents is 2. The molecule has 0 atom stereocenters. The Morgan fingerprint density at radius 2 is 1.13 bits per heavy atom. The lowest BCUT2D eigenvalue weighted by molar-refractivity contribution is -0.386. The summed E-state index contributed by atoms with van der Waals surface area (Å²) in [6, 6.07) is 15.4. The van der Waals surface area contributed by atoms with Gasteiger partial charge < -0.3 is 24.3 Å². The molecule has 1 aliphatic rings. The quantitative estimate of drug-likeness (QED) is 0.0492. The van der Waals surface area contributed by atoms with Crippen LogP contribution in [0.3, 0.4) is 0 Å². The highest BCUT2D eigenvalue weighted by atomic mass is 127. The standard InChI is InChI=1S/C13H14INO6.C8H6INO.C7H12O4.C6H3I2NO2/c1-3-20-12(16)11(13(17)21-4-2)9-6-5-8(14)7-10(9)15(18)19;9-6-2-1-5-3-8(11)10-7(5)4-6;1-3-10-6(8)5-7(9)11-4-2;7-4-1-2-5(8)6(3-4)9(10)11/h5-7,11H,3-4H2,1-2H3;1-2,4H,3H2,(H,10,11);3-5H2,1-2H3;1-3H. The van der Waals surface area contributed by atoms with E-state index in [9.17, 15) is 44.2 Å². The zero-order valence-electron chi connectivity index (χ0n) is 29.2. The average Bonchev–Trinajstić information content (AvgIpc) is 3.46. The number of carbonyl (C=O) groups is 5. The normalized spacial score (nSPS) is 10.7. The van der Waals surface area contributed by atoms with Crippen LogP contribution in [0.1, 0.15) is 51.2 Å². The second kappa shape index (κ2) is 25.7. The van der Waals surface area contributed by atoms with Gasteiger partial charge in [0, 0.05) is 28.5 Å². The molecule has 4 rings (SSSR count). The van der Waals surface area contributed by atoms with Gasteiger partial charge in [-0.25, -0.2) is 0 Å². The summed E-state index contributed by atoms with van der Waals surface area (Å²) in [4.78, 5) is 76.6. The van der Waals surface area contributed by atoms with Crippen LogP contribution in [-0.2, 0) is 49.3 Å². The number of nitrogens with zero attached hydrogens (tertiary/aromatic N) is 2. The molecule has 0 spiro atoms. The van der Waals surface area contributed by atoms with Crippen LogP contribution < -0.4 is 5.32 Å². The second-order valence-electron chi connectivity index (χ2n) is 10.1. The predicted molar refractivity (Wildman–Crippen MR) is 230 cm³/mol. The number of carbonyl (C=O) groups excluding carboxylic acids is 5. The van der Waals surface area contributed by atoms with Crippen molar-refractivity contribution in [2.45, 2.75) is 46.5 Å². The molecule has 1 amide bonds. The molecule has 0 unspecified atom stereocenters. The first kappa shape index (κ1) is 48.7. The molecule has 3 aromatic carbocycles. The molecule has 54 heavy (non-hydrogen) atoms. The first-order valence-electron chi connectivity index (χ1n) is 15.7. The van der Waals surface area contributed by atoms with Crippen molar-refractivity contribution in [2.75, 3.05) is 31.7 Å². The maximum Gasteiger partial charge on any atom is 0.325 e.